The van der Waals surface area contributed by atoms with E-state index in [0.29, 0.717) is 18.3 Å². The minimum atomic E-state index is -0.479. The molecule has 1 aliphatic carbocycles. The van der Waals surface area contributed by atoms with Crippen molar-refractivity contribution in [2.75, 3.05) is 26.7 Å². The first-order valence-electron chi connectivity index (χ1n) is 6.90. The molecular formula is C14H19N3O4. The number of nitrogens with zero attached hydrogens (tertiary/aromatic N) is 2. The summed E-state index contributed by atoms with van der Waals surface area (Å²) in [5.74, 6) is 0.239. The lowest BCUT2D eigenvalue weighted by atomic mass is 10.3. The van der Waals surface area contributed by atoms with Crippen molar-refractivity contribution in [1.82, 2.24) is 10.2 Å². The Morgan fingerprint density at radius 2 is 2.10 bits per heavy atom. The smallest absolute Gasteiger partial charge is 0.269 e. The second-order valence-corrected chi connectivity index (χ2v) is 5.10. The van der Waals surface area contributed by atoms with Crippen LogP contribution in [0.15, 0.2) is 24.3 Å². The average molecular weight is 293 g/mol. The van der Waals surface area contributed by atoms with Gasteiger partial charge in [-0.25, -0.2) is 0 Å². The van der Waals surface area contributed by atoms with E-state index in [-0.39, 0.29) is 18.2 Å². The van der Waals surface area contributed by atoms with Gasteiger partial charge in [0.05, 0.1) is 4.92 Å². The summed E-state index contributed by atoms with van der Waals surface area (Å²) in [4.78, 5) is 23.9. The second kappa shape index (κ2) is 7.03. The molecule has 0 spiro atoms. The lowest BCUT2D eigenvalue weighted by molar-refractivity contribution is -0.384. The number of hydrogen-bond donors (Lipinski definition) is 1. The van der Waals surface area contributed by atoms with Crippen molar-refractivity contribution in [2.24, 2.45) is 0 Å². The molecule has 1 aromatic carbocycles. The van der Waals surface area contributed by atoms with Gasteiger partial charge in [-0.05, 0) is 32.0 Å². The van der Waals surface area contributed by atoms with Crippen LogP contribution in [-0.2, 0) is 4.79 Å². The maximum atomic E-state index is 11.6. The third kappa shape index (κ3) is 5.03. The van der Waals surface area contributed by atoms with Gasteiger partial charge in [-0.15, -0.1) is 0 Å². The molecule has 7 heteroatoms. The fourth-order valence-electron chi connectivity index (χ4n) is 1.93. The molecule has 1 saturated carbocycles. The fourth-order valence-corrected chi connectivity index (χ4v) is 1.93. The fraction of sp³-hybridized carbons (Fsp3) is 0.500. The van der Waals surface area contributed by atoms with Gasteiger partial charge in [0.1, 0.15) is 5.75 Å². The molecule has 0 heterocycles. The number of nitro groups is 1. The van der Waals surface area contributed by atoms with Gasteiger partial charge in [0.15, 0.2) is 6.61 Å². The first-order chi connectivity index (χ1) is 10.1. The number of amides is 1. The molecule has 1 N–H and O–H groups in total. The van der Waals surface area contributed by atoms with Gasteiger partial charge in [-0.3, -0.25) is 14.9 Å². The summed E-state index contributed by atoms with van der Waals surface area (Å²) in [6, 6.07) is 6.33. The number of hydrogen-bond acceptors (Lipinski definition) is 5. The maximum absolute atomic E-state index is 11.6. The number of benzene rings is 1. The van der Waals surface area contributed by atoms with Crippen LogP contribution >= 0.6 is 0 Å². The summed E-state index contributed by atoms with van der Waals surface area (Å²) < 4.78 is 5.27. The molecule has 1 aromatic rings. The topological polar surface area (TPSA) is 84.7 Å². The number of carbonyl (C=O) groups is 1. The summed E-state index contributed by atoms with van der Waals surface area (Å²) in [5, 5.41) is 13.3. The molecule has 7 nitrogen and oxygen atoms in total. The van der Waals surface area contributed by atoms with Crippen LogP contribution in [0.5, 0.6) is 5.75 Å². The monoisotopic (exact) mass is 293 g/mol. The molecule has 0 saturated heterocycles. The van der Waals surface area contributed by atoms with E-state index in [2.05, 4.69) is 17.3 Å². The van der Waals surface area contributed by atoms with Crippen molar-refractivity contribution in [1.29, 1.82) is 0 Å². The number of nitrogens with one attached hydrogen (secondary N) is 1. The molecule has 0 atom stereocenters. The van der Waals surface area contributed by atoms with Crippen molar-refractivity contribution in [3.05, 3.63) is 34.4 Å². The average Bonchev–Trinajstić information content (AvgIpc) is 3.30. The van der Waals surface area contributed by atoms with Crippen molar-refractivity contribution in [3.8, 4) is 5.75 Å². The first kappa shape index (κ1) is 15.2. The highest BCUT2D eigenvalue weighted by Gasteiger charge is 2.25. The van der Waals surface area contributed by atoms with Gasteiger partial charge in [-0.2, -0.15) is 0 Å². The van der Waals surface area contributed by atoms with Gasteiger partial charge in [0.25, 0.3) is 11.6 Å². The molecule has 0 bridgehead atoms. The summed E-state index contributed by atoms with van der Waals surface area (Å²) >= 11 is 0. The zero-order chi connectivity index (χ0) is 15.2. The number of likely N-dealkylation sites (N-methyl/N-ethyl adjacent to an activating group) is 1. The number of nitro benzene ring substituents is 1. The number of ether oxygens (including phenoxy) is 1. The van der Waals surface area contributed by atoms with Gasteiger partial charge >= 0.3 is 0 Å². The van der Waals surface area contributed by atoms with Gasteiger partial charge < -0.3 is 15.0 Å². The van der Waals surface area contributed by atoms with Crippen molar-refractivity contribution in [3.63, 3.8) is 0 Å². The van der Waals surface area contributed by atoms with E-state index in [4.69, 9.17) is 4.74 Å². The van der Waals surface area contributed by atoms with E-state index in [0.717, 1.165) is 6.54 Å². The van der Waals surface area contributed by atoms with Crippen LogP contribution in [0, 0.1) is 10.1 Å². The lowest BCUT2D eigenvalue weighted by Crippen LogP contribution is -2.36. The van der Waals surface area contributed by atoms with E-state index in [1.807, 2.05) is 0 Å². The van der Waals surface area contributed by atoms with E-state index < -0.39 is 4.92 Å². The molecule has 0 unspecified atom stereocenters. The molecular weight excluding hydrogens is 274 g/mol. The third-order valence-corrected chi connectivity index (χ3v) is 3.37. The van der Waals surface area contributed by atoms with Crippen molar-refractivity contribution < 1.29 is 14.5 Å². The zero-order valence-electron chi connectivity index (χ0n) is 11.9. The number of non-ortho nitro benzene ring substituents is 1. The second-order valence-electron chi connectivity index (χ2n) is 5.10. The number of carbonyl (C=O) groups excluding carboxylic acids is 1. The lowest BCUT2D eigenvalue weighted by Gasteiger charge is -2.15. The molecule has 0 aliphatic heterocycles. The summed E-state index contributed by atoms with van der Waals surface area (Å²) in [5.41, 5.74) is -0.00471. The zero-order valence-corrected chi connectivity index (χ0v) is 11.9. The molecule has 0 radical (unpaired) electrons. The Balaban J connectivity index is 1.64. The Morgan fingerprint density at radius 3 is 2.67 bits per heavy atom. The van der Waals surface area contributed by atoms with Gasteiger partial charge in [0, 0.05) is 31.3 Å². The van der Waals surface area contributed by atoms with Crippen molar-refractivity contribution >= 4 is 11.6 Å². The minimum Gasteiger partial charge on any atom is -0.484 e. The predicted molar refractivity (Wildman–Crippen MR) is 77.3 cm³/mol. The molecule has 114 valence electrons. The Labute approximate surface area is 123 Å². The van der Waals surface area contributed by atoms with Crippen LogP contribution in [-0.4, -0.2) is 48.5 Å². The van der Waals surface area contributed by atoms with Crippen LogP contribution in [0.3, 0.4) is 0 Å². The summed E-state index contributed by atoms with van der Waals surface area (Å²) in [6.07, 6.45) is 2.49. The standard InChI is InChI=1S/C14H19N3O4/c1-16(11-2-3-11)9-8-15-14(18)10-21-13-6-4-12(5-7-13)17(19)20/h4-7,11H,2-3,8-10H2,1H3,(H,15,18). The van der Waals surface area contributed by atoms with E-state index in [1.54, 1.807) is 0 Å². The summed E-state index contributed by atoms with van der Waals surface area (Å²) in [7, 11) is 2.05. The SMILES string of the molecule is CN(CCNC(=O)COc1ccc([N+](=O)[O-])cc1)C1CC1. The Hall–Kier alpha value is -2.15. The predicted octanol–water partition coefficient (Wildman–Crippen LogP) is 1.18. The normalized spacial score (nSPS) is 14.0. The highest BCUT2D eigenvalue weighted by atomic mass is 16.6. The molecule has 21 heavy (non-hydrogen) atoms. The van der Waals surface area contributed by atoms with Crippen LogP contribution < -0.4 is 10.1 Å². The van der Waals surface area contributed by atoms with Crippen LogP contribution in [0.1, 0.15) is 12.8 Å². The van der Waals surface area contributed by atoms with Gasteiger partial charge in [-0.1, -0.05) is 0 Å². The molecule has 1 aliphatic rings. The molecule has 2 rings (SSSR count). The van der Waals surface area contributed by atoms with E-state index >= 15 is 0 Å². The van der Waals surface area contributed by atoms with E-state index in [9.17, 15) is 14.9 Å². The number of rotatable bonds is 8. The van der Waals surface area contributed by atoms with Crippen LogP contribution in [0.2, 0.25) is 0 Å². The first-order valence-corrected chi connectivity index (χ1v) is 6.90. The van der Waals surface area contributed by atoms with Crippen LogP contribution in [0.4, 0.5) is 5.69 Å². The largest absolute Gasteiger partial charge is 0.484 e. The highest BCUT2D eigenvalue weighted by molar-refractivity contribution is 5.77. The van der Waals surface area contributed by atoms with Crippen LogP contribution in [0.25, 0.3) is 0 Å². The molecule has 1 amide bonds. The maximum Gasteiger partial charge on any atom is 0.269 e. The Morgan fingerprint density at radius 1 is 1.43 bits per heavy atom. The quantitative estimate of drug-likeness (QED) is 0.575. The Kier molecular flexibility index (Phi) is 5.10. The van der Waals surface area contributed by atoms with Crippen molar-refractivity contribution in [2.45, 2.75) is 18.9 Å². The molecule has 0 aromatic heterocycles. The van der Waals surface area contributed by atoms with Gasteiger partial charge in [0.2, 0.25) is 0 Å². The Bertz CT molecular complexity index is 499. The third-order valence-electron chi connectivity index (χ3n) is 3.37. The van der Waals surface area contributed by atoms with E-state index in [1.165, 1.54) is 37.1 Å². The molecule has 1 fully saturated rings. The summed E-state index contributed by atoms with van der Waals surface area (Å²) in [6.45, 7) is 1.33. The minimum absolute atomic E-state index is 0.00471. The highest BCUT2D eigenvalue weighted by Crippen LogP contribution is 2.24.